The van der Waals surface area contributed by atoms with E-state index in [4.69, 9.17) is 0 Å². The van der Waals surface area contributed by atoms with Gasteiger partial charge in [-0.2, -0.15) is 0 Å². The molecule has 1 saturated carbocycles. The molecule has 1 fully saturated rings. The van der Waals surface area contributed by atoms with Gasteiger partial charge in [0.2, 0.25) is 0 Å². The van der Waals surface area contributed by atoms with Crippen molar-refractivity contribution in [2.24, 2.45) is 5.92 Å². The van der Waals surface area contributed by atoms with Crippen molar-refractivity contribution >= 4 is 37.9 Å². The monoisotopic (exact) mass is 588 g/mol. The van der Waals surface area contributed by atoms with Crippen LogP contribution in [-0.2, 0) is 0 Å². The Morgan fingerprint density at radius 3 is 1.76 bits per heavy atom. The maximum absolute atomic E-state index is 2.52. The molecule has 0 amide bonds. The summed E-state index contributed by atoms with van der Waals surface area (Å²) in [4.78, 5) is 0. The van der Waals surface area contributed by atoms with Crippen LogP contribution >= 0.6 is 0 Å². The molecule has 0 atom stereocenters. The van der Waals surface area contributed by atoms with Crippen LogP contribution in [0.1, 0.15) is 36.8 Å². The molecule has 0 aromatic heterocycles. The molecule has 0 heteroatoms. The molecule has 0 bridgehead atoms. The third kappa shape index (κ3) is 4.52. The van der Waals surface area contributed by atoms with Crippen molar-refractivity contribution in [1.29, 1.82) is 0 Å². The first-order valence-corrected chi connectivity index (χ1v) is 16.8. The Kier molecular flexibility index (Phi) is 6.49. The predicted octanol–water partition coefficient (Wildman–Crippen LogP) is 13.0. The lowest BCUT2D eigenvalue weighted by molar-refractivity contribution is 0.855. The number of hydrogen-bond donors (Lipinski definition) is 0. The third-order valence-electron chi connectivity index (χ3n) is 10.3. The summed E-state index contributed by atoms with van der Waals surface area (Å²) < 4.78 is 0. The zero-order valence-corrected chi connectivity index (χ0v) is 26.3. The minimum Gasteiger partial charge on any atom is -0.0836 e. The van der Waals surface area contributed by atoms with E-state index in [1.807, 2.05) is 0 Å². The Hall–Kier alpha value is -5.20. The molecule has 0 heterocycles. The van der Waals surface area contributed by atoms with Gasteiger partial charge in [-0.05, 0) is 139 Å². The van der Waals surface area contributed by atoms with Crippen LogP contribution in [0.2, 0.25) is 0 Å². The van der Waals surface area contributed by atoms with E-state index in [9.17, 15) is 0 Å². The Labute approximate surface area is 271 Å². The van der Waals surface area contributed by atoms with E-state index < -0.39 is 0 Å². The summed E-state index contributed by atoms with van der Waals surface area (Å²) in [6, 6.07) is 49.6. The molecule has 7 aromatic carbocycles. The molecule has 2 aliphatic rings. The summed E-state index contributed by atoms with van der Waals surface area (Å²) in [6.45, 7) is 2.35. The Morgan fingerprint density at radius 1 is 0.500 bits per heavy atom. The lowest BCUT2D eigenvalue weighted by Gasteiger charge is -2.23. The van der Waals surface area contributed by atoms with Crippen molar-refractivity contribution in [3.63, 3.8) is 0 Å². The highest BCUT2D eigenvalue weighted by Crippen LogP contribution is 2.49. The average Bonchev–Trinajstić information content (AvgIpc) is 3.97. The standard InChI is InChI=1S/C46H36/c1-30-43(35-26-23-31-13-5-6-16-34(31)27-35)28-36(29-44(30)38-18-8-7-17-37(38)32-24-25-32)46-41-21-11-9-19-39(41)45(33-14-3-2-4-15-33)40-20-10-12-22-42(40)46/h2-6,8-16,18-23,26-29,32H,7,17,24-25H2,1H3. The van der Waals surface area contributed by atoms with Gasteiger partial charge >= 0.3 is 0 Å². The van der Waals surface area contributed by atoms with Gasteiger partial charge in [0.15, 0.2) is 0 Å². The van der Waals surface area contributed by atoms with Gasteiger partial charge in [0.1, 0.15) is 0 Å². The first kappa shape index (κ1) is 27.1. The van der Waals surface area contributed by atoms with Crippen LogP contribution in [0.4, 0.5) is 0 Å². The van der Waals surface area contributed by atoms with Crippen LogP contribution in [0, 0.1) is 12.8 Å². The van der Waals surface area contributed by atoms with E-state index in [1.54, 1.807) is 5.57 Å². The fraction of sp³-hybridized carbons (Fsp3) is 0.130. The first-order valence-electron chi connectivity index (χ1n) is 16.8. The number of fused-ring (bicyclic) bond motifs is 3. The summed E-state index contributed by atoms with van der Waals surface area (Å²) in [6.07, 6.45) is 9.83. The Balaban J connectivity index is 1.39. The van der Waals surface area contributed by atoms with Crippen LogP contribution < -0.4 is 0 Å². The van der Waals surface area contributed by atoms with Crippen molar-refractivity contribution in [1.82, 2.24) is 0 Å². The number of benzene rings is 7. The molecular weight excluding hydrogens is 553 g/mol. The summed E-state index contributed by atoms with van der Waals surface area (Å²) >= 11 is 0. The van der Waals surface area contributed by atoms with Crippen LogP contribution in [0.3, 0.4) is 0 Å². The molecule has 9 rings (SSSR count). The minimum atomic E-state index is 0.749. The van der Waals surface area contributed by atoms with Gasteiger partial charge in [0.25, 0.3) is 0 Å². The lowest BCUT2D eigenvalue weighted by atomic mass is 9.81. The average molecular weight is 589 g/mol. The lowest BCUT2D eigenvalue weighted by Crippen LogP contribution is -2.01. The quantitative estimate of drug-likeness (QED) is 0.175. The summed E-state index contributed by atoms with van der Waals surface area (Å²) in [7, 11) is 0. The Bertz CT molecular complexity index is 2310. The van der Waals surface area contributed by atoms with Crippen LogP contribution in [0.25, 0.3) is 71.3 Å². The van der Waals surface area contributed by atoms with Crippen LogP contribution in [0.15, 0.2) is 151 Å². The summed E-state index contributed by atoms with van der Waals surface area (Å²) in [5, 5.41) is 7.76. The zero-order chi connectivity index (χ0) is 30.6. The van der Waals surface area contributed by atoms with Gasteiger partial charge < -0.3 is 0 Å². The second-order valence-corrected chi connectivity index (χ2v) is 13.1. The molecule has 0 saturated heterocycles. The van der Waals surface area contributed by atoms with E-state index in [0.717, 1.165) is 12.3 Å². The molecule has 0 radical (unpaired) electrons. The zero-order valence-electron chi connectivity index (χ0n) is 26.3. The smallest absolute Gasteiger partial charge is 0.00259 e. The molecule has 0 unspecified atom stereocenters. The summed E-state index contributed by atoms with van der Waals surface area (Å²) in [5.74, 6) is 0.749. The SMILES string of the molecule is Cc1c(C2=C(C3CC3)CCC=C2)cc(-c2c3ccccc3c(-c3ccccc3)c3ccccc23)cc1-c1ccc2ccccc2c1. The molecule has 220 valence electrons. The number of hydrogen-bond acceptors (Lipinski definition) is 0. The molecule has 0 nitrogen and oxygen atoms in total. The van der Waals surface area contributed by atoms with Crippen molar-refractivity contribution in [2.75, 3.05) is 0 Å². The molecular formula is C46H36. The molecule has 0 N–H and O–H groups in total. The van der Waals surface area contributed by atoms with E-state index in [2.05, 4.69) is 153 Å². The second kappa shape index (κ2) is 11.0. The fourth-order valence-electron chi connectivity index (χ4n) is 7.95. The maximum atomic E-state index is 2.52. The highest BCUT2D eigenvalue weighted by atomic mass is 14.3. The highest BCUT2D eigenvalue weighted by Gasteiger charge is 2.30. The van der Waals surface area contributed by atoms with Gasteiger partial charge in [0, 0.05) is 0 Å². The first-order chi connectivity index (χ1) is 22.7. The third-order valence-corrected chi connectivity index (χ3v) is 10.3. The molecule has 7 aromatic rings. The van der Waals surface area contributed by atoms with E-state index in [-0.39, 0.29) is 0 Å². The molecule has 2 aliphatic carbocycles. The molecule has 46 heavy (non-hydrogen) atoms. The Morgan fingerprint density at radius 2 is 1.09 bits per heavy atom. The normalized spacial score (nSPS) is 14.9. The maximum Gasteiger partial charge on any atom is -0.00259 e. The largest absolute Gasteiger partial charge is 0.0836 e. The second-order valence-electron chi connectivity index (χ2n) is 13.1. The van der Waals surface area contributed by atoms with Crippen molar-refractivity contribution in [2.45, 2.75) is 32.6 Å². The van der Waals surface area contributed by atoms with E-state index >= 15 is 0 Å². The van der Waals surface area contributed by atoms with Crippen molar-refractivity contribution < 1.29 is 0 Å². The van der Waals surface area contributed by atoms with E-state index in [0.29, 0.717) is 0 Å². The van der Waals surface area contributed by atoms with Crippen molar-refractivity contribution in [3.8, 4) is 33.4 Å². The van der Waals surface area contributed by atoms with Crippen molar-refractivity contribution in [3.05, 3.63) is 162 Å². The predicted molar refractivity (Wildman–Crippen MR) is 198 cm³/mol. The van der Waals surface area contributed by atoms with E-state index in [1.165, 1.54) is 102 Å². The molecule has 0 aliphatic heterocycles. The molecule has 0 spiro atoms. The minimum absolute atomic E-state index is 0.749. The van der Waals surface area contributed by atoms with Gasteiger partial charge in [-0.25, -0.2) is 0 Å². The van der Waals surface area contributed by atoms with Gasteiger partial charge in [-0.3, -0.25) is 0 Å². The van der Waals surface area contributed by atoms with Gasteiger partial charge in [-0.1, -0.05) is 133 Å². The van der Waals surface area contributed by atoms with Gasteiger partial charge in [0.05, 0.1) is 0 Å². The van der Waals surface area contributed by atoms with Crippen LogP contribution in [-0.4, -0.2) is 0 Å². The number of allylic oxidation sites excluding steroid dienone is 4. The van der Waals surface area contributed by atoms with Crippen LogP contribution in [0.5, 0.6) is 0 Å². The van der Waals surface area contributed by atoms with Gasteiger partial charge in [-0.15, -0.1) is 0 Å². The summed E-state index contributed by atoms with van der Waals surface area (Å²) in [5.41, 5.74) is 13.7. The topological polar surface area (TPSA) is 0 Å². The number of rotatable bonds is 5. The fourth-order valence-corrected chi connectivity index (χ4v) is 7.95. The highest BCUT2D eigenvalue weighted by molar-refractivity contribution is 6.21.